The molecule has 0 bridgehead atoms. The number of aryl methyl sites for hydroxylation is 1. The zero-order valence-corrected chi connectivity index (χ0v) is 13.3. The second-order valence-electron chi connectivity index (χ2n) is 6.49. The Hall–Kier alpha value is -0.910. The third kappa shape index (κ3) is 3.22. The Morgan fingerprint density at radius 1 is 1.40 bits per heavy atom. The summed E-state index contributed by atoms with van der Waals surface area (Å²) in [6.07, 6.45) is 5.25. The molecule has 0 aromatic carbocycles. The maximum Gasteiger partial charge on any atom is 0.0538 e. The summed E-state index contributed by atoms with van der Waals surface area (Å²) < 4.78 is 2.03. The predicted octanol–water partition coefficient (Wildman–Crippen LogP) is 1.32. The van der Waals surface area contributed by atoms with Crippen LogP contribution < -0.4 is 5.73 Å². The van der Waals surface area contributed by atoms with E-state index >= 15 is 0 Å². The van der Waals surface area contributed by atoms with Gasteiger partial charge in [0.25, 0.3) is 0 Å². The van der Waals surface area contributed by atoms with Crippen molar-refractivity contribution in [2.24, 2.45) is 5.73 Å². The summed E-state index contributed by atoms with van der Waals surface area (Å²) in [4.78, 5) is 4.94. The van der Waals surface area contributed by atoms with Gasteiger partial charge in [-0.2, -0.15) is 5.10 Å². The molecule has 20 heavy (non-hydrogen) atoms. The van der Waals surface area contributed by atoms with Crippen molar-refractivity contribution in [2.45, 2.75) is 45.3 Å². The van der Waals surface area contributed by atoms with E-state index in [9.17, 15) is 0 Å². The molecule has 2 rings (SSSR count). The molecule has 2 heterocycles. The maximum absolute atomic E-state index is 6.05. The van der Waals surface area contributed by atoms with Crippen molar-refractivity contribution < 1.29 is 0 Å². The maximum atomic E-state index is 6.05. The van der Waals surface area contributed by atoms with Gasteiger partial charge in [0, 0.05) is 50.0 Å². The molecular weight excluding hydrogens is 250 g/mol. The Morgan fingerprint density at radius 3 is 2.75 bits per heavy atom. The van der Waals surface area contributed by atoms with Crippen LogP contribution >= 0.6 is 0 Å². The van der Waals surface area contributed by atoms with Crippen molar-refractivity contribution in [3.63, 3.8) is 0 Å². The normalized spacial score (nSPS) is 22.1. The van der Waals surface area contributed by atoms with E-state index in [0.29, 0.717) is 6.54 Å². The van der Waals surface area contributed by atoms with Gasteiger partial charge in [0.15, 0.2) is 0 Å². The van der Waals surface area contributed by atoms with E-state index in [1.54, 1.807) is 0 Å². The Labute approximate surface area is 122 Å². The van der Waals surface area contributed by atoms with Gasteiger partial charge in [0.1, 0.15) is 0 Å². The van der Waals surface area contributed by atoms with Crippen LogP contribution in [0.3, 0.4) is 0 Å². The van der Waals surface area contributed by atoms with Gasteiger partial charge in [-0.15, -0.1) is 0 Å². The van der Waals surface area contributed by atoms with Gasteiger partial charge >= 0.3 is 0 Å². The van der Waals surface area contributed by atoms with Crippen LogP contribution in [0.25, 0.3) is 0 Å². The molecule has 0 spiro atoms. The summed E-state index contributed by atoms with van der Waals surface area (Å²) in [6.45, 7) is 11.6. The topological polar surface area (TPSA) is 50.3 Å². The number of aromatic nitrogens is 2. The Kier molecular flexibility index (Phi) is 4.83. The van der Waals surface area contributed by atoms with Crippen LogP contribution in [0.15, 0.2) is 12.4 Å². The van der Waals surface area contributed by atoms with E-state index in [4.69, 9.17) is 5.73 Å². The van der Waals surface area contributed by atoms with Crippen LogP contribution in [0.2, 0.25) is 0 Å². The highest BCUT2D eigenvalue weighted by Gasteiger charge is 2.34. The molecule has 0 aliphatic carbocycles. The molecular formula is C15H29N5. The molecule has 5 nitrogen and oxygen atoms in total. The molecule has 1 atom stereocenters. The Balaban J connectivity index is 2.11. The highest BCUT2D eigenvalue weighted by Crippen LogP contribution is 2.26. The summed E-state index contributed by atoms with van der Waals surface area (Å²) in [5, 5.41) is 4.44. The summed E-state index contributed by atoms with van der Waals surface area (Å²) in [5.74, 6) is 0. The molecule has 1 unspecified atom stereocenters. The van der Waals surface area contributed by atoms with E-state index in [1.807, 2.05) is 10.9 Å². The fourth-order valence-electron chi connectivity index (χ4n) is 2.94. The lowest BCUT2D eigenvalue weighted by atomic mass is 9.97. The van der Waals surface area contributed by atoms with Gasteiger partial charge in [0.05, 0.1) is 12.2 Å². The fourth-order valence-corrected chi connectivity index (χ4v) is 2.94. The smallest absolute Gasteiger partial charge is 0.0538 e. The quantitative estimate of drug-likeness (QED) is 0.883. The zero-order valence-electron chi connectivity index (χ0n) is 13.3. The van der Waals surface area contributed by atoms with Gasteiger partial charge in [-0.3, -0.25) is 14.5 Å². The molecule has 114 valence electrons. The van der Waals surface area contributed by atoms with Crippen LogP contribution in [0, 0.1) is 0 Å². The van der Waals surface area contributed by atoms with Crippen molar-refractivity contribution in [1.29, 1.82) is 0 Å². The van der Waals surface area contributed by atoms with Crippen LogP contribution in [0.4, 0.5) is 0 Å². The minimum absolute atomic E-state index is 0.199. The molecule has 0 radical (unpaired) electrons. The van der Waals surface area contributed by atoms with E-state index in [-0.39, 0.29) is 11.6 Å². The predicted molar refractivity (Wildman–Crippen MR) is 82.6 cm³/mol. The lowest BCUT2D eigenvalue weighted by molar-refractivity contribution is 0.0180. The molecule has 2 N–H and O–H groups in total. The lowest BCUT2D eigenvalue weighted by Gasteiger charge is -2.47. The van der Waals surface area contributed by atoms with Crippen molar-refractivity contribution in [1.82, 2.24) is 19.6 Å². The molecule has 1 aliphatic heterocycles. The first-order valence-electron chi connectivity index (χ1n) is 7.65. The second-order valence-corrected chi connectivity index (χ2v) is 6.49. The number of hydrogen-bond acceptors (Lipinski definition) is 4. The average Bonchev–Trinajstić information content (AvgIpc) is 2.83. The molecule has 0 amide bonds. The first-order chi connectivity index (χ1) is 9.47. The number of nitrogens with two attached hydrogens (primary N) is 1. The van der Waals surface area contributed by atoms with Crippen molar-refractivity contribution >= 4 is 0 Å². The molecule has 1 aromatic heterocycles. The van der Waals surface area contributed by atoms with Crippen molar-refractivity contribution in [2.75, 3.05) is 33.2 Å². The van der Waals surface area contributed by atoms with Gasteiger partial charge in [-0.05, 0) is 27.3 Å². The molecule has 1 saturated heterocycles. The summed E-state index contributed by atoms with van der Waals surface area (Å²) in [6, 6.07) is 0.286. The first-order valence-corrected chi connectivity index (χ1v) is 7.65. The van der Waals surface area contributed by atoms with Crippen LogP contribution in [-0.2, 0) is 6.54 Å². The summed E-state index contributed by atoms with van der Waals surface area (Å²) in [5.41, 5.74) is 7.50. The average molecular weight is 279 g/mol. The highest BCUT2D eigenvalue weighted by molar-refractivity contribution is 5.12. The number of nitrogens with zero attached hydrogens (tertiary/aromatic N) is 4. The number of piperazine rings is 1. The van der Waals surface area contributed by atoms with Crippen LogP contribution in [0.5, 0.6) is 0 Å². The molecule has 1 fully saturated rings. The van der Waals surface area contributed by atoms with E-state index < -0.39 is 0 Å². The minimum Gasteiger partial charge on any atom is -0.329 e. The van der Waals surface area contributed by atoms with E-state index in [1.165, 1.54) is 5.56 Å². The highest BCUT2D eigenvalue weighted by atomic mass is 15.3. The molecule has 1 aliphatic rings. The molecule has 5 heteroatoms. The zero-order chi connectivity index (χ0) is 14.8. The SMILES string of the molecule is CCCn1cc(C(CN)N2CCN(C)C(C)(C)C2)cn1. The third-order valence-electron chi connectivity index (χ3n) is 4.50. The standard InChI is InChI=1S/C15H29N5/c1-5-6-20-11-13(10-17-20)14(9-16)19-8-7-18(4)15(2,3)12-19/h10-11,14H,5-9,12,16H2,1-4H3. The van der Waals surface area contributed by atoms with Crippen molar-refractivity contribution in [3.05, 3.63) is 18.0 Å². The Bertz CT molecular complexity index is 426. The lowest BCUT2D eigenvalue weighted by Crippen LogP contribution is -2.58. The largest absolute Gasteiger partial charge is 0.329 e. The van der Waals surface area contributed by atoms with Crippen molar-refractivity contribution in [3.8, 4) is 0 Å². The van der Waals surface area contributed by atoms with Gasteiger partial charge in [-0.25, -0.2) is 0 Å². The third-order valence-corrected chi connectivity index (χ3v) is 4.50. The number of hydrogen-bond donors (Lipinski definition) is 1. The van der Waals surface area contributed by atoms with Gasteiger partial charge in [-0.1, -0.05) is 6.92 Å². The number of likely N-dealkylation sites (N-methyl/N-ethyl adjacent to an activating group) is 1. The minimum atomic E-state index is 0.199. The fraction of sp³-hybridized carbons (Fsp3) is 0.800. The van der Waals surface area contributed by atoms with Gasteiger partial charge < -0.3 is 5.73 Å². The number of rotatable bonds is 5. The molecule has 1 aromatic rings. The second kappa shape index (κ2) is 6.24. The summed E-state index contributed by atoms with van der Waals surface area (Å²) >= 11 is 0. The molecule has 0 saturated carbocycles. The van der Waals surface area contributed by atoms with E-state index in [0.717, 1.165) is 32.6 Å². The first kappa shape index (κ1) is 15.5. The van der Waals surface area contributed by atoms with E-state index in [2.05, 4.69) is 48.9 Å². The van der Waals surface area contributed by atoms with Crippen LogP contribution in [0.1, 0.15) is 38.8 Å². The monoisotopic (exact) mass is 279 g/mol. The Morgan fingerprint density at radius 2 is 2.15 bits per heavy atom. The van der Waals surface area contributed by atoms with Crippen LogP contribution in [-0.4, -0.2) is 58.3 Å². The van der Waals surface area contributed by atoms with Gasteiger partial charge in [0.2, 0.25) is 0 Å². The summed E-state index contributed by atoms with van der Waals surface area (Å²) in [7, 11) is 2.20.